The van der Waals surface area contributed by atoms with Crippen LogP contribution in [0.15, 0.2) is 58.2 Å². The molecule has 2 aliphatic heterocycles. The summed E-state index contributed by atoms with van der Waals surface area (Å²) in [6.45, 7) is 0.890. The summed E-state index contributed by atoms with van der Waals surface area (Å²) in [6, 6.07) is 11.1. The second kappa shape index (κ2) is 14.6. The van der Waals surface area contributed by atoms with E-state index < -0.39 is 80.2 Å². The van der Waals surface area contributed by atoms with Gasteiger partial charge in [-0.05, 0) is 62.4 Å². The molecule has 1 saturated carbocycles. The van der Waals surface area contributed by atoms with Crippen LogP contribution in [0.25, 0.3) is 0 Å². The smallest absolute Gasteiger partial charge is 0.423 e. The number of likely N-dealkylation sites (N-methyl/N-ethyl adjacent to an activating group) is 1. The van der Waals surface area contributed by atoms with Gasteiger partial charge in [-0.1, -0.05) is 29.8 Å². The fourth-order valence-electron chi connectivity index (χ4n) is 6.35. The highest BCUT2D eigenvalue weighted by Crippen LogP contribution is 2.52. The number of aromatic nitrogens is 2. The lowest BCUT2D eigenvalue weighted by Crippen LogP contribution is -2.53. The van der Waals surface area contributed by atoms with Crippen LogP contribution in [0.4, 0.5) is 4.39 Å². The van der Waals surface area contributed by atoms with Crippen LogP contribution in [0.2, 0.25) is 0 Å². The maximum atomic E-state index is 14.4. The molecule has 3 heterocycles. The van der Waals surface area contributed by atoms with Crippen LogP contribution in [-0.2, 0) is 61.6 Å². The molecule has 2 bridgehead atoms. The van der Waals surface area contributed by atoms with Gasteiger partial charge in [-0.25, -0.2) is 23.8 Å². The molecule has 6 rings (SSSR count). The Balaban J connectivity index is 1.64. The normalized spacial score (nSPS) is 19.1. The first-order chi connectivity index (χ1) is 24.6. The van der Waals surface area contributed by atoms with Crippen molar-refractivity contribution in [1.82, 2.24) is 19.8 Å². The molecule has 16 nitrogen and oxygen atoms in total. The molecule has 0 unspecified atom stereocenters. The molecule has 1 N–H and O–H groups in total. The molecule has 0 radical (unpaired) electrons. The number of halogens is 1. The van der Waals surface area contributed by atoms with E-state index in [1.54, 1.807) is 19.1 Å². The number of hydrogen-bond donors (Lipinski definition) is 1. The third kappa shape index (κ3) is 7.29. The number of carbonyl (C=O) groups excluding carboxylic acids is 5. The Labute approximate surface area is 296 Å². The minimum atomic E-state index is -4.28. The van der Waals surface area contributed by atoms with Crippen molar-refractivity contribution in [2.24, 2.45) is 5.41 Å². The third-order valence-corrected chi connectivity index (χ3v) is 10.7. The fourth-order valence-corrected chi connectivity index (χ4v) is 7.36. The van der Waals surface area contributed by atoms with E-state index in [9.17, 15) is 41.6 Å². The maximum Gasteiger partial charge on any atom is 0.423 e. The lowest BCUT2D eigenvalue weighted by atomic mass is 9.68. The number of amides is 2. The summed E-state index contributed by atoms with van der Waals surface area (Å²) < 4.78 is 60.7. The van der Waals surface area contributed by atoms with Crippen molar-refractivity contribution in [2.75, 3.05) is 27.9 Å². The van der Waals surface area contributed by atoms with E-state index in [0.29, 0.717) is 5.56 Å². The summed E-state index contributed by atoms with van der Waals surface area (Å²) in [6.07, 6.45) is 0.317. The average molecular weight is 743 g/mol. The van der Waals surface area contributed by atoms with E-state index >= 15 is 0 Å². The number of methoxy groups -OCH3 is 2. The van der Waals surface area contributed by atoms with E-state index in [4.69, 9.17) is 8.92 Å². The van der Waals surface area contributed by atoms with Gasteiger partial charge in [-0.3, -0.25) is 23.1 Å². The number of rotatable bonds is 9. The number of carbonyl (C=O) groups is 5. The van der Waals surface area contributed by atoms with E-state index in [2.05, 4.69) is 19.8 Å². The number of hydrogen-bond acceptors (Lipinski definition) is 13. The summed E-state index contributed by atoms with van der Waals surface area (Å²) >= 11 is 0. The summed E-state index contributed by atoms with van der Waals surface area (Å²) in [5.41, 5.74) is -3.24. The summed E-state index contributed by atoms with van der Waals surface area (Å²) in [7, 11) is -1.07. The molecule has 0 spiro atoms. The van der Waals surface area contributed by atoms with Gasteiger partial charge in [-0.2, -0.15) is 8.42 Å². The quantitative estimate of drug-likeness (QED) is 0.188. The molecule has 1 aliphatic carbocycles. The van der Waals surface area contributed by atoms with Gasteiger partial charge in [0.2, 0.25) is 5.75 Å². The maximum absolute atomic E-state index is 14.4. The van der Waals surface area contributed by atoms with Crippen molar-refractivity contribution >= 4 is 39.8 Å². The van der Waals surface area contributed by atoms with Crippen molar-refractivity contribution in [2.45, 2.75) is 56.1 Å². The van der Waals surface area contributed by atoms with Gasteiger partial charge in [0.25, 0.3) is 21.6 Å². The average Bonchev–Trinajstić information content (AvgIpc) is 3.37. The minimum Gasteiger partial charge on any atom is -0.462 e. The lowest BCUT2D eigenvalue weighted by Gasteiger charge is -2.45. The number of nitrogens with one attached hydrogen (secondary N) is 1. The number of esters is 3. The largest absolute Gasteiger partial charge is 0.462 e. The molecule has 2 amide bonds. The number of fused-ring (bicyclic) bond motifs is 2. The molecule has 1 fully saturated rings. The SMILES string of the molecule is COC(=O)C(=O)Oc1c(C(=O)NCc2ccc(F)cc2)nc2n(c1=O)CC1(COS(=O)(=O)c3ccc(C)cc3)CCC2(N(C)C(=O)C(=O)OC)CC1. The molecule has 1 aromatic heterocycles. The van der Waals surface area contributed by atoms with Gasteiger partial charge in [0.05, 0.1) is 25.7 Å². The predicted octanol–water partition coefficient (Wildman–Crippen LogP) is 1.51. The molecule has 18 heteroatoms. The molecule has 0 atom stereocenters. The van der Waals surface area contributed by atoms with E-state index in [-0.39, 0.29) is 49.5 Å². The summed E-state index contributed by atoms with van der Waals surface area (Å²) in [4.78, 5) is 84.0. The van der Waals surface area contributed by atoms with Crippen LogP contribution in [-0.4, -0.2) is 80.5 Å². The first-order valence-corrected chi connectivity index (χ1v) is 17.3. The Hall–Kier alpha value is -5.49. The zero-order valence-corrected chi connectivity index (χ0v) is 29.4. The molecule has 2 aromatic carbocycles. The van der Waals surface area contributed by atoms with Crippen LogP contribution in [0, 0.1) is 18.2 Å². The van der Waals surface area contributed by atoms with E-state index in [1.165, 1.54) is 31.3 Å². The molecule has 3 aromatic rings. The third-order valence-electron chi connectivity index (χ3n) is 9.44. The molecular weight excluding hydrogens is 707 g/mol. The number of aryl methyl sites for hydroxylation is 1. The van der Waals surface area contributed by atoms with Crippen LogP contribution in [0.1, 0.15) is 53.1 Å². The second-order valence-electron chi connectivity index (χ2n) is 12.6. The van der Waals surface area contributed by atoms with E-state index in [1.807, 2.05) is 0 Å². The molecular formula is C34H35FN4O12S. The van der Waals surface area contributed by atoms with Crippen LogP contribution >= 0.6 is 0 Å². The van der Waals surface area contributed by atoms with Gasteiger partial charge in [-0.15, -0.1) is 0 Å². The standard InChI is InChI=1S/C34H35FN4O12S/c1-20-5-11-23(12-6-20)52(46,47)50-19-33-13-15-34(16-14-33,38(2)28(42)29(43)48-3)32-37-24(26(40)36-17-21-7-9-22(35)10-8-21)25(27(41)39(32)18-33)51-31(45)30(44)49-4/h5-12H,13-19H2,1-4H3,(H,36,40). The van der Waals surface area contributed by atoms with Gasteiger partial charge < -0.3 is 24.4 Å². The number of ether oxygens (including phenoxy) is 3. The first kappa shape index (κ1) is 37.8. The highest BCUT2D eigenvalue weighted by atomic mass is 32.2. The molecule has 0 saturated heterocycles. The number of nitrogens with zero attached hydrogens (tertiary/aromatic N) is 3. The highest BCUT2D eigenvalue weighted by Gasteiger charge is 2.55. The van der Waals surface area contributed by atoms with Crippen molar-refractivity contribution in [3.05, 3.63) is 87.3 Å². The minimum absolute atomic E-state index is 0.0184. The second-order valence-corrected chi connectivity index (χ2v) is 14.2. The Bertz CT molecular complexity index is 2090. The van der Waals surface area contributed by atoms with Gasteiger partial charge in [0.15, 0.2) is 5.69 Å². The topological polar surface area (TPSA) is 207 Å². The fraction of sp³-hybridized carbons (Fsp3) is 0.382. The zero-order valence-electron chi connectivity index (χ0n) is 28.6. The monoisotopic (exact) mass is 742 g/mol. The Kier molecular flexibility index (Phi) is 10.6. The van der Waals surface area contributed by atoms with Gasteiger partial charge in [0, 0.05) is 25.6 Å². The van der Waals surface area contributed by atoms with Crippen LogP contribution in [0.3, 0.4) is 0 Å². The highest BCUT2D eigenvalue weighted by molar-refractivity contribution is 7.86. The lowest BCUT2D eigenvalue weighted by molar-refractivity contribution is -0.162. The zero-order chi connectivity index (χ0) is 38.0. The van der Waals surface area contributed by atoms with Crippen LogP contribution < -0.4 is 15.6 Å². The number of benzene rings is 2. The van der Waals surface area contributed by atoms with E-state index in [0.717, 1.165) is 41.4 Å². The van der Waals surface area contributed by atoms with Gasteiger partial charge in [0.1, 0.15) is 17.2 Å². The molecule has 276 valence electrons. The molecule has 3 aliphatic rings. The Morgan fingerprint density at radius 2 is 1.54 bits per heavy atom. The molecule has 52 heavy (non-hydrogen) atoms. The van der Waals surface area contributed by atoms with Crippen molar-refractivity contribution in [3.63, 3.8) is 0 Å². The van der Waals surface area contributed by atoms with Crippen molar-refractivity contribution in [3.8, 4) is 5.75 Å². The Morgan fingerprint density at radius 1 is 0.923 bits per heavy atom. The first-order valence-electron chi connectivity index (χ1n) is 15.9. The predicted molar refractivity (Wildman–Crippen MR) is 175 cm³/mol. The summed E-state index contributed by atoms with van der Waals surface area (Å²) in [5, 5.41) is 2.52. The van der Waals surface area contributed by atoms with Crippen LogP contribution in [0.5, 0.6) is 5.75 Å². The Morgan fingerprint density at radius 3 is 2.13 bits per heavy atom. The van der Waals surface area contributed by atoms with Gasteiger partial charge >= 0.3 is 23.8 Å². The van der Waals surface area contributed by atoms with Crippen molar-refractivity contribution in [1.29, 1.82) is 0 Å². The van der Waals surface area contributed by atoms with Crippen molar-refractivity contribution < 1.29 is 55.2 Å². The summed E-state index contributed by atoms with van der Waals surface area (Å²) in [5.74, 6) is -8.17.